The van der Waals surface area contributed by atoms with Gasteiger partial charge in [-0.2, -0.15) is 15.0 Å². The highest BCUT2D eigenvalue weighted by Crippen LogP contribution is 2.30. The Hall–Kier alpha value is -1.63. The van der Waals surface area contributed by atoms with Crippen LogP contribution < -0.4 is 15.1 Å². The second kappa shape index (κ2) is 5.29. The molecule has 0 aliphatic carbocycles. The lowest BCUT2D eigenvalue weighted by Crippen LogP contribution is -2.57. The quantitative estimate of drug-likeness (QED) is 0.903. The van der Waals surface area contributed by atoms with Crippen molar-refractivity contribution in [2.24, 2.45) is 0 Å². The minimum absolute atomic E-state index is 0.244. The molecule has 118 valence electrons. The molecular weight excluding hydrogens is 268 g/mol. The van der Waals surface area contributed by atoms with Crippen LogP contribution in [0, 0.1) is 0 Å². The van der Waals surface area contributed by atoms with Gasteiger partial charge in [-0.15, -0.1) is 0 Å². The number of morpholine rings is 1. The van der Waals surface area contributed by atoms with Gasteiger partial charge in [-0.05, 0) is 27.7 Å². The fourth-order valence-electron chi connectivity index (χ4n) is 2.74. The van der Waals surface area contributed by atoms with E-state index in [1.165, 1.54) is 0 Å². The van der Waals surface area contributed by atoms with Crippen molar-refractivity contribution < 1.29 is 4.74 Å². The molecule has 1 N–H and O–H groups in total. The summed E-state index contributed by atoms with van der Waals surface area (Å²) >= 11 is 0. The van der Waals surface area contributed by atoms with E-state index in [2.05, 4.69) is 52.9 Å². The van der Waals surface area contributed by atoms with Gasteiger partial charge in [0, 0.05) is 34.2 Å². The van der Waals surface area contributed by atoms with Crippen molar-refractivity contribution in [3.8, 4) is 0 Å². The predicted molar refractivity (Wildman–Crippen MR) is 85.2 cm³/mol. The lowest BCUT2D eigenvalue weighted by molar-refractivity contribution is -0.133. The van der Waals surface area contributed by atoms with Crippen molar-refractivity contribution >= 4 is 17.8 Å². The molecule has 7 nitrogen and oxygen atoms in total. The molecule has 1 aromatic heterocycles. The monoisotopic (exact) mass is 294 g/mol. The average molecular weight is 294 g/mol. The molecule has 0 bridgehead atoms. The molecule has 0 saturated carbocycles. The number of hydrogen-bond acceptors (Lipinski definition) is 7. The topological polar surface area (TPSA) is 66.4 Å². The van der Waals surface area contributed by atoms with Gasteiger partial charge < -0.3 is 19.9 Å². The maximum Gasteiger partial charge on any atom is 0.232 e. The molecule has 0 amide bonds. The Labute approximate surface area is 126 Å². The molecule has 1 aliphatic rings. The van der Waals surface area contributed by atoms with Gasteiger partial charge in [-0.1, -0.05) is 0 Å². The molecule has 0 aromatic carbocycles. The van der Waals surface area contributed by atoms with Crippen LogP contribution in [0.5, 0.6) is 0 Å². The molecule has 0 atom stereocenters. The minimum atomic E-state index is -0.244. The zero-order valence-corrected chi connectivity index (χ0v) is 14.1. The number of nitrogens with one attached hydrogen (secondary N) is 1. The maximum absolute atomic E-state index is 6.11. The maximum atomic E-state index is 6.11. The summed E-state index contributed by atoms with van der Waals surface area (Å²) in [7, 11) is 5.66. The summed E-state index contributed by atoms with van der Waals surface area (Å²) in [5.41, 5.74) is -0.487. The molecule has 0 spiro atoms. The second-order valence-electron chi connectivity index (χ2n) is 6.88. The normalized spacial score (nSPS) is 20.2. The zero-order chi connectivity index (χ0) is 15.8. The smallest absolute Gasteiger partial charge is 0.232 e. The Morgan fingerprint density at radius 2 is 1.62 bits per heavy atom. The van der Waals surface area contributed by atoms with E-state index in [0.717, 1.165) is 13.1 Å². The van der Waals surface area contributed by atoms with Crippen LogP contribution in [0.4, 0.5) is 17.8 Å². The molecule has 2 rings (SSSR count). The molecule has 7 heteroatoms. The van der Waals surface area contributed by atoms with E-state index in [1.54, 1.807) is 0 Å². The van der Waals surface area contributed by atoms with Gasteiger partial charge in [0.05, 0.1) is 11.2 Å². The molecule has 1 saturated heterocycles. The van der Waals surface area contributed by atoms with Crippen LogP contribution in [0.15, 0.2) is 0 Å². The van der Waals surface area contributed by atoms with Gasteiger partial charge in [0.25, 0.3) is 0 Å². The van der Waals surface area contributed by atoms with E-state index in [0.29, 0.717) is 17.8 Å². The van der Waals surface area contributed by atoms with E-state index in [4.69, 9.17) is 4.74 Å². The first-order valence-electron chi connectivity index (χ1n) is 7.18. The average Bonchev–Trinajstić information content (AvgIpc) is 2.34. The third-order valence-electron chi connectivity index (χ3n) is 3.21. The lowest BCUT2D eigenvalue weighted by Gasteiger charge is -2.47. The molecule has 1 fully saturated rings. The number of ether oxygens (including phenoxy) is 1. The van der Waals surface area contributed by atoms with Crippen LogP contribution in [0.25, 0.3) is 0 Å². The Morgan fingerprint density at radius 3 is 2.10 bits per heavy atom. The van der Waals surface area contributed by atoms with Gasteiger partial charge in [0.1, 0.15) is 0 Å². The van der Waals surface area contributed by atoms with Gasteiger partial charge >= 0.3 is 0 Å². The first-order chi connectivity index (χ1) is 9.62. The largest absolute Gasteiger partial charge is 0.366 e. The number of nitrogens with zero attached hydrogens (tertiary/aromatic N) is 5. The first kappa shape index (κ1) is 15.8. The van der Waals surface area contributed by atoms with Gasteiger partial charge in [0.15, 0.2) is 0 Å². The highest BCUT2D eigenvalue weighted by atomic mass is 16.5. The van der Waals surface area contributed by atoms with Crippen LogP contribution in [0.3, 0.4) is 0 Å². The molecule has 1 aromatic rings. The van der Waals surface area contributed by atoms with E-state index in [9.17, 15) is 0 Å². The predicted octanol–water partition coefficient (Wildman–Crippen LogP) is 1.37. The van der Waals surface area contributed by atoms with Gasteiger partial charge in [-0.3, -0.25) is 0 Å². The Bertz CT molecular complexity index is 498. The van der Waals surface area contributed by atoms with Crippen molar-refractivity contribution in [1.29, 1.82) is 0 Å². The summed E-state index contributed by atoms with van der Waals surface area (Å²) < 4.78 is 6.11. The third kappa shape index (κ3) is 3.72. The Balaban J connectivity index is 2.38. The fraction of sp³-hybridized carbons (Fsp3) is 0.786. The second-order valence-corrected chi connectivity index (χ2v) is 6.88. The van der Waals surface area contributed by atoms with Crippen LogP contribution in [-0.2, 0) is 4.74 Å². The van der Waals surface area contributed by atoms with Crippen LogP contribution >= 0.6 is 0 Å². The van der Waals surface area contributed by atoms with Crippen molar-refractivity contribution in [3.05, 3.63) is 0 Å². The standard InChI is InChI=1S/C14H26N6O/c1-13(2)8-20(9-14(3,4)21-13)12-17-10(15-5)16-11(18-12)19(6)7/h8-9H2,1-7H3,(H,15,16,17,18). The summed E-state index contributed by atoms with van der Waals surface area (Å²) in [5, 5.41) is 3.00. The first-order valence-corrected chi connectivity index (χ1v) is 7.18. The van der Waals surface area contributed by atoms with Crippen molar-refractivity contribution in [3.63, 3.8) is 0 Å². The van der Waals surface area contributed by atoms with Crippen molar-refractivity contribution in [1.82, 2.24) is 15.0 Å². The zero-order valence-electron chi connectivity index (χ0n) is 14.1. The SMILES string of the molecule is CNc1nc(N(C)C)nc(N2CC(C)(C)OC(C)(C)C2)n1. The van der Waals surface area contributed by atoms with Crippen LogP contribution in [-0.4, -0.2) is 60.4 Å². The fourth-order valence-corrected chi connectivity index (χ4v) is 2.74. The van der Waals surface area contributed by atoms with Crippen LogP contribution in [0.1, 0.15) is 27.7 Å². The number of aromatic nitrogens is 3. The highest BCUT2D eigenvalue weighted by molar-refractivity contribution is 5.45. The summed E-state index contributed by atoms with van der Waals surface area (Å²) in [4.78, 5) is 17.5. The Kier molecular flexibility index (Phi) is 3.97. The third-order valence-corrected chi connectivity index (χ3v) is 3.21. The van der Waals surface area contributed by atoms with E-state index in [-0.39, 0.29) is 11.2 Å². The highest BCUT2D eigenvalue weighted by Gasteiger charge is 2.39. The molecule has 0 unspecified atom stereocenters. The number of hydrogen-bond donors (Lipinski definition) is 1. The summed E-state index contributed by atoms with van der Waals surface area (Å²) in [6.07, 6.45) is 0. The molecule has 21 heavy (non-hydrogen) atoms. The number of anilines is 3. The number of rotatable bonds is 3. The van der Waals surface area contributed by atoms with Gasteiger partial charge in [0.2, 0.25) is 17.8 Å². The lowest BCUT2D eigenvalue weighted by atomic mass is 9.99. The molecule has 0 radical (unpaired) electrons. The van der Waals surface area contributed by atoms with E-state index < -0.39 is 0 Å². The summed E-state index contributed by atoms with van der Waals surface area (Å²) in [6.45, 7) is 9.86. The van der Waals surface area contributed by atoms with Crippen molar-refractivity contribution in [2.75, 3.05) is 49.3 Å². The molecule has 2 heterocycles. The minimum Gasteiger partial charge on any atom is -0.366 e. The van der Waals surface area contributed by atoms with Gasteiger partial charge in [-0.25, -0.2) is 0 Å². The molecule has 1 aliphatic heterocycles. The summed E-state index contributed by atoms with van der Waals surface area (Å²) in [5.74, 6) is 1.90. The van der Waals surface area contributed by atoms with E-state index in [1.807, 2.05) is 26.0 Å². The van der Waals surface area contributed by atoms with Crippen molar-refractivity contribution in [2.45, 2.75) is 38.9 Å². The molecular formula is C14H26N6O. The summed E-state index contributed by atoms with van der Waals surface area (Å²) in [6, 6.07) is 0. The Morgan fingerprint density at radius 1 is 1.05 bits per heavy atom. The van der Waals surface area contributed by atoms with E-state index >= 15 is 0 Å². The van der Waals surface area contributed by atoms with Crippen LogP contribution in [0.2, 0.25) is 0 Å².